The number of aromatic nitrogens is 4. The second-order valence-electron chi connectivity index (χ2n) is 8.05. The zero-order chi connectivity index (χ0) is 24.0. The number of para-hydroxylation sites is 1. The number of amides is 1. The number of nitrogens with one attached hydrogen (secondary N) is 2. The van der Waals surface area contributed by atoms with Crippen molar-refractivity contribution in [1.29, 1.82) is 0 Å². The van der Waals surface area contributed by atoms with E-state index >= 15 is 0 Å². The Balaban J connectivity index is 1.62. The van der Waals surface area contributed by atoms with Gasteiger partial charge in [0.05, 0.1) is 22.6 Å². The van der Waals surface area contributed by atoms with Gasteiger partial charge in [0, 0.05) is 23.1 Å². The summed E-state index contributed by atoms with van der Waals surface area (Å²) in [6, 6.07) is 17.1. The van der Waals surface area contributed by atoms with Crippen molar-refractivity contribution in [3.05, 3.63) is 110 Å². The molecule has 2 aromatic carbocycles. The lowest BCUT2D eigenvalue weighted by Gasteiger charge is -2.21. The molecule has 0 aliphatic rings. The highest BCUT2D eigenvalue weighted by atomic mass is 35.5. The maximum absolute atomic E-state index is 13.6. The number of pyridine rings is 1. The van der Waals surface area contributed by atoms with Gasteiger partial charge in [0.2, 0.25) is 0 Å². The van der Waals surface area contributed by atoms with E-state index < -0.39 is 11.9 Å². The molecule has 3 aromatic heterocycles. The summed E-state index contributed by atoms with van der Waals surface area (Å²) in [4.78, 5) is 41.9. The van der Waals surface area contributed by atoms with E-state index in [1.54, 1.807) is 30.5 Å². The molecule has 170 valence electrons. The minimum absolute atomic E-state index is 0.227. The Morgan fingerprint density at radius 3 is 2.62 bits per heavy atom. The van der Waals surface area contributed by atoms with Gasteiger partial charge in [0.1, 0.15) is 11.2 Å². The van der Waals surface area contributed by atoms with Gasteiger partial charge in [-0.05, 0) is 43.5 Å². The maximum atomic E-state index is 13.6. The van der Waals surface area contributed by atoms with Crippen LogP contribution in [0.25, 0.3) is 22.1 Å². The first kappa shape index (κ1) is 21.7. The van der Waals surface area contributed by atoms with E-state index in [1.165, 1.54) is 12.3 Å². The Morgan fingerprint density at radius 2 is 1.85 bits per heavy atom. The average molecular weight is 474 g/mol. The number of carbonyl (C=O) groups is 1. The Kier molecular flexibility index (Phi) is 5.30. The van der Waals surface area contributed by atoms with Crippen molar-refractivity contribution >= 4 is 33.9 Å². The van der Waals surface area contributed by atoms with Crippen LogP contribution in [0.2, 0.25) is 5.02 Å². The van der Waals surface area contributed by atoms with Gasteiger partial charge in [-0.15, -0.1) is 0 Å². The van der Waals surface area contributed by atoms with Crippen LogP contribution < -0.4 is 16.4 Å². The summed E-state index contributed by atoms with van der Waals surface area (Å²) >= 11 is 6.37. The highest BCUT2D eigenvalue weighted by molar-refractivity contribution is 6.35. The number of hydrogen-bond acceptors (Lipinski definition) is 4. The molecule has 5 rings (SSSR count). The molecular weight excluding hydrogens is 454 g/mol. The number of aryl methyl sites for hydroxylation is 1. The van der Waals surface area contributed by atoms with E-state index in [9.17, 15) is 14.4 Å². The van der Waals surface area contributed by atoms with Crippen LogP contribution >= 0.6 is 11.6 Å². The van der Waals surface area contributed by atoms with Crippen molar-refractivity contribution in [2.45, 2.75) is 19.9 Å². The molecule has 0 saturated carbocycles. The van der Waals surface area contributed by atoms with Crippen molar-refractivity contribution in [3.63, 3.8) is 0 Å². The lowest BCUT2D eigenvalue weighted by Crippen LogP contribution is -2.32. The molecule has 8 nitrogen and oxygen atoms in total. The molecule has 34 heavy (non-hydrogen) atoms. The minimum atomic E-state index is -0.560. The van der Waals surface area contributed by atoms with Crippen LogP contribution in [0.15, 0.2) is 76.4 Å². The molecule has 2 N–H and O–H groups in total. The number of aromatic amines is 1. The SMILES string of the molecule is Cc1cc(=O)n2ncc(C(=O)N[C@@H](C)c3cc4cccc(Cl)c4c(=O)n3-c3ccccc3)c2[nH]1. The Labute approximate surface area is 198 Å². The lowest BCUT2D eigenvalue weighted by molar-refractivity contribution is 0.0940. The molecule has 1 atom stereocenters. The number of halogens is 1. The highest BCUT2D eigenvalue weighted by Crippen LogP contribution is 2.25. The normalized spacial score (nSPS) is 12.2. The van der Waals surface area contributed by atoms with E-state index in [-0.39, 0.29) is 16.7 Å². The number of rotatable bonds is 4. The van der Waals surface area contributed by atoms with E-state index in [1.807, 2.05) is 42.5 Å². The van der Waals surface area contributed by atoms with E-state index in [0.29, 0.717) is 38.5 Å². The van der Waals surface area contributed by atoms with Gasteiger partial charge in [-0.25, -0.2) is 0 Å². The number of fused-ring (bicyclic) bond motifs is 2. The first-order valence-corrected chi connectivity index (χ1v) is 11.0. The van der Waals surface area contributed by atoms with Crippen molar-refractivity contribution in [1.82, 2.24) is 24.5 Å². The van der Waals surface area contributed by atoms with Gasteiger partial charge in [-0.1, -0.05) is 41.9 Å². The van der Waals surface area contributed by atoms with Crippen LogP contribution in [0.3, 0.4) is 0 Å². The molecule has 0 spiro atoms. The molecule has 0 aliphatic carbocycles. The van der Waals surface area contributed by atoms with Gasteiger partial charge in [-0.3, -0.25) is 19.0 Å². The van der Waals surface area contributed by atoms with Crippen LogP contribution in [0.1, 0.15) is 34.7 Å². The molecule has 0 unspecified atom stereocenters. The average Bonchev–Trinajstić information content (AvgIpc) is 3.23. The lowest BCUT2D eigenvalue weighted by atomic mass is 10.1. The van der Waals surface area contributed by atoms with E-state index in [0.717, 1.165) is 4.52 Å². The number of H-pyrrole nitrogens is 1. The molecule has 1 amide bonds. The second-order valence-corrected chi connectivity index (χ2v) is 8.46. The van der Waals surface area contributed by atoms with E-state index in [4.69, 9.17) is 11.6 Å². The third-order valence-corrected chi connectivity index (χ3v) is 6.02. The summed E-state index contributed by atoms with van der Waals surface area (Å²) < 4.78 is 2.70. The summed E-state index contributed by atoms with van der Waals surface area (Å²) in [5.41, 5.74) is 1.78. The van der Waals surface area contributed by atoms with Crippen LogP contribution in [0.5, 0.6) is 0 Å². The summed E-state index contributed by atoms with van der Waals surface area (Å²) in [5, 5.41) is 8.42. The summed E-state index contributed by atoms with van der Waals surface area (Å²) in [7, 11) is 0. The zero-order valence-electron chi connectivity index (χ0n) is 18.4. The fourth-order valence-electron chi connectivity index (χ4n) is 4.12. The molecule has 0 bridgehead atoms. The molecular formula is C25H20ClN5O3. The first-order valence-electron chi connectivity index (χ1n) is 10.6. The highest BCUT2D eigenvalue weighted by Gasteiger charge is 2.22. The quantitative estimate of drug-likeness (QED) is 0.414. The molecule has 0 saturated heterocycles. The van der Waals surface area contributed by atoms with Crippen molar-refractivity contribution in [3.8, 4) is 5.69 Å². The van der Waals surface area contributed by atoms with Crippen LogP contribution in [0.4, 0.5) is 0 Å². The molecule has 0 fully saturated rings. The zero-order valence-corrected chi connectivity index (χ0v) is 19.1. The molecule has 9 heteroatoms. The van der Waals surface area contributed by atoms with Gasteiger partial charge in [0.15, 0.2) is 0 Å². The molecule has 5 aromatic rings. The number of carbonyl (C=O) groups excluding carboxylic acids is 1. The summed E-state index contributed by atoms with van der Waals surface area (Å²) in [6.07, 6.45) is 1.35. The topological polar surface area (TPSA) is 101 Å². The molecule has 3 heterocycles. The Morgan fingerprint density at radius 1 is 1.09 bits per heavy atom. The van der Waals surface area contributed by atoms with Gasteiger partial charge >= 0.3 is 0 Å². The maximum Gasteiger partial charge on any atom is 0.274 e. The largest absolute Gasteiger partial charge is 0.344 e. The summed E-state index contributed by atoms with van der Waals surface area (Å²) in [6.45, 7) is 3.53. The van der Waals surface area contributed by atoms with Gasteiger partial charge < -0.3 is 10.3 Å². The number of benzene rings is 2. The van der Waals surface area contributed by atoms with Gasteiger partial charge in [0.25, 0.3) is 17.0 Å². The third-order valence-electron chi connectivity index (χ3n) is 5.71. The predicted molar refractivity (Wildman–Crippen MR) is 131 cm³/mol. The first-order chi connectivity index (χ1) is 16.3. The Hall–Kier alpha value is -4.17. The smallest absolute Gasteiger partial charge is 0.274 e. The third kappa shape index (κ3) is 3.58. The van der Waals surface area contributed by atoms with Crippen LogP contribution in [-0.4, -0.2) is 25.1 Å². The standard InChI is InChI=1S/C25H20ClN5O3/c1-14-11-21(32)31-23(28-14)18(13-27-31)24(33)29-15(2)20-12-16-7-6-10-19(26)22(16)25(34)30(20)17-8-4-3-5-9-17/h3-13,15,28H,1-2H3,(H,29,33)/t15-/m0/s1. The summed E-state index contributed by atoms with van der Waals surface area (Å²) in [5.74, 6) is -0.429. The predicted octanol–water partition coefficient (Wildman–Crippen LogP) is 3.78. The van der Waals surface area contributed by atoms with Crippen molar-refractivity contribution in [2.24, 2.45) is 0 Å². The Bertz CT molecular complexity index is 1680. The second kappa shape index (κ2) is 8.31. The van der Waals surface area contributed by atoms with Gasteiger partial charge in [-0.2, -0.15) is 9.61 Å². The number of hydrogen-bond donors (Lipinski definition) is 2. The monoisotopic (exact) mass is 473 g/mol. The minimum Gasteiger partial charge on any atom is -0.344 e. The molecule has 0 radical (unpaired) electrons. The number of nitrogens with zero attached hydrogens (tertiary/aromatic N) is 3. The van der Waals surface area contributed by atoms with Crippen molar-refractivity contribution < 1.29 is 4.79 Å². The van der Waals surface area contributed by atoms with Crippen LogP contribution in [-0.2, 0) is 0 Å². The molecule has 0 aliphatic heterocycles. The fraction of sp³-hybridized carbons (Fsp3) is 0.120. The van der Waals surface area contributed by atoms with Crippen molar-refractivity contribution in [2.75, 3.05) is 0 Å². The van der Waals surface area contributed by atoms with E-state index in [2.05, 4.69) is 15.4 Å². The fourth-order valence-corrected chi connectivity index (χ4v) is 4.38. The van der Waals surface area contributed by atoms with Crippen LogP contribution in [0, 0.1) is 6.92 Å².